The van der Waals surface area contributed by atoms with Gasteiger partial charge in [-0.15, -0.1) is 0 Å². The summed E-state index contributed by atoms with van der Waals surface area (Å²) in [6.45, 7) is 4.55. The molecule has 0 aliphatic heterocycles. The van der Waals surface area contributed by atoms with Crippen LogP contribution in [-0.4, -0.2) is 26.6 Å². The molecular formula is C22H25N5O2. The molecule has 3 aromatic rings. The van der Waals surface area contributed by atoms with Gasteiger partial charge in [0.1, 0.15) is 12.7 Å². The number of hydrogen-bond donors (Lipinski definition) is 2. The lowest BCUT2D eigenvalue weighted by Gasteiger charge is -2.18. The molecule has 0 saturated carbocycles. The van der Waals surface area contributed by atoms with Crippen molar-refractivity contribution >= 4 is 11.8 Å². The first-order valence-electron chi connectivity index (χ1n) is 9.50. The maximum Gasteiger partial charge on any atom is 0.222 e. The third-order valence-electron chi connectivity index (χ3n) is 4.57. The van der Waals surface area contributed by atoms with E-state index >= 15 is 0 Å². The summed E-state index contributed by atoms with van der Waals surface area (Å²) < 4.78 is 1.75. The van der Waals surface area contributed by atoms with Gasteiger partial charge in [0.2, 0.25) is 11.8 Å². The molecule has 2 amide bonds. The average molecular weight is 391 g/mol. The van der Waals surface area contributed by atoms with E-state index in [1.165, 1.54) is 13.3 Å². The summed E-state index contributed by atoms with van der Waals surface area (Å²) in [6.07, 6.45) is 3.37. The maximum atomic E-state index is 12.4. The van der Waals surface area contributed by atoms with Crippen molar-refractivity contribution in [3.63, 3.8) is 0 Å². The standard InChI is InChI=1S/C22H25N5O2/c1-16-3-9-20(10-4-16)21(26-17(2)28)11-22(29)24-12-18-5-7-19(8-6-18)13-27-15-23-14-25-27/h3-10,14-15,21H,11-13H2,1-2H3,(H,24,29)(H,26,28). The number of benzene rings is 2. The molecule has 1 heterocycles. The van der Waals surface area contributed by atoms with Gasteiger partial charge in [0.25, 0.3) is 0 Å². The first kappa shape index (κ1) is 20.3. The van der Waals surface area contributed by atoms with Crippen molar-refractivity contribution < 1.29 is 9.59 Å². The van der Waals surface area contributed by atoms with E-state index in [0.29, 0.717) is 13.1 Å². The highest BCUT2D eigenvalue weighted by atomic mass is 16.2. The van der Waals surface area contributed by atoms with Crippen LogP contribution in [0.25, 0.3) is 0 Å². The number of aryl methyl sites for hydroxylation is 1. The van der Waals surface area contributed by atoms with Gasteiger partial charge in [-0.2, -0.15) is 5.10 Å². The van der Waals surface area contributed by atoms with E-state index in [9.17, 15) is 9.59 Å². The van der Waals surface area contributed by atoms with Crippen molar-refractivity contribution in [3.05, 3.63) is 83.4 Å². The number of carbonyl (C=O) groups excluding carboxylic acids is 2. The molecule has 0 saturated heterocycles. The van der Waals surface area contributed by atoms with Crippen LogP contribution in [0.4, 0.5) is 0 Å². The molecule has 0 spiro atoms. The number of nitrogens with zero attached hydrogens (tertiary/aromatic N) is 3. The van der Waals surface area contributed by atoms with Gasteiger partial charge in [0.05, 0.1) is 19.0 Å². The van der Waals surface area contributed by atoms with E-state index in [1.54, 1.807) is 11.0 Å². The molecule has 0 fully saturated rings. The molecule has 0 radical (unpaired) electrons. The maximum absolute atomic E-state index is 12.4. The van der Waals surface area contributed by atoms with E-state index in [4.69, 9.17) is 0 Å². The summed E-state index contributed by atoms with van der Waals surface area (Å²) in [5.74, 6) is -0.276. The normalized spacial score (nSPS) is 11.7. The Morgan fingerprint density at radius 3 is 2.34 bits per heavy atom. The van der Waals surface area contributed by atoms with Crippen LogP contribution >= 0.6 is 0 Å². The van der Waals surface area contributed by atoms with Crippen LogP contribution in [0, 0.1) is 6.92 Å². The Kier molecular flexibility index (Phi) is 6.73. The second kappa shape index (κ2) is 9.64. The van der Waals surface area contributed by atoms with Gasteiger partial charge >= 0.3 is 0 Å². The smallest absolute Gasteiger partial charge is 0.222 e. The fourth-order valence-electron chi connectivity index (χ4n) is 3.02. The first-order chi connectivity index (χ1) is 14.0. The molecular weight excluding hydrogens is 366 g/mol. The zero-order valence-electron chi connectivity index (χ0n) is 16.6. The molecule has 7 heteroatoms. The van der Waals surface area contributed by atoms with Gasteiger partial charge in [0.15, 0.2) is 0 Å². The van der Waals surface area contributed by atoms with Crippen molar-refractivity contribution in [1.29, 1.82) is 0 Å². The van der Waals surface area contributed by atoms with Crippen molar-refractivity contribution in [2.75, 3.05) is 0 Å². The molecule has 1 aromatic heterocycles. The van der Waals surface area contributed by atoms with Crippen molar-refractivity contribution in [3.8, 4) is 0 Å². The zero-order valence-corrected chi connectivity index (χ0v) is 16.6. The van der Waals surface area contributed by atoms with E-state index in [2.05, 4.69) is 20.7 Å². The van der Waals surface area contributed by atoms with Gasteiger partial charge in [-0.05, 0) is 23.6 Å². The second-order valence-electron chi connectivity index (χ2n) is 7.05. The van der Waals surface area contributed by atoms with Crippen molar-refractivity contribution in [2.24, 2.45) is 0 Å². The molecule has 7 nitrogen and oxygen atoms in total. The highest BCUT2D eigenvalue weighted by Gasteiger charge is 2.17. The second-order valence-corrected chi connectivity index (χ2v) is 7.05. The minimum absolute atomic E-state index is 0.115. The quantitative estimate of drug-likeness (QED) is 0.618. The number of carbonyl (C=O) groups is 2. The Morgan fingerprint density at radius 1 is 1.03 bits per heavy atom. The molecule has 2 aromatic carbocycles. The van der Waals surface area contributed by atoms with E-state index in [0.717, 1.165) is 22.3 Å². The average Bonchev–Trinajstić information content (AvgIpc) is 3.20. The summed E-state index contributed by atoms with van der Waals surface area (Å²) >= 11 is 0. The molecule has 150 valence electrons. The van der Waals surface area contributed by atoms with Crippen molar-refractivity contribution in [2.45, 2.75) is 39.4 Å². The Balaban J connectivity index is 1.54. The third kappa shape index (κ3) is 6.27. The lowest BCUT2D eigenvalue weighted by atomic mass is 10.0. The molecule has 1 unspecified atom stereocenters. The molecule has 0 aliphatic rings. The highest BCUT2D eigenvalue weighted by molar-refractivity contribution is 5.79. The topological polar surface area (TPSA) is 88.9 Å². The Bertz CT molecular complexity index is 934. The third-order valence-corrected chi connectivity index (χ3v) is 4.57. The number of hydrogen-bond acceptors (Lipinski definition) is 4. The lowest BCUT2D eigenvalue weighted by Crippen LogP contribution is -2.32. The van der Waals surface area contributed by atoms with Crippen LogP contribution < -0.4 is 10.6 Å². The number of amides is 2. The highest BCUT2D eigenvalue weighted by Crippen LogP contribution is 2.18. The summed E-state index contributed by atoms with van der Waals surface area (Å²) in [7, 11) is 0. The summed E-state index contributed by atoms with van der Waals surface area (Å²) in [4.78, 5) is 27.9. The molecule has 0 bridgehead atoms. The van der Waals surface area contributed by atoms with Gasteiger partial charge in [-0.1, -0.05) is 54.1 Å². The minimum atomic E-state index is -0.349. The zero-order chi connectivity index (χ0) is 20.6. The monoisotopic (exact) mass is 391 g/mol. The molecule has 0 aliphatic carbocycles. The Hall–Kier alpha value is -3.48. The van der Waals surface area contributed by atoms with Crippen LogP contribution in [0.15, 0.2) is 61.2 Å². The molecule has 2 N–H and O–H groups in total. The molecule has 1 atom stereocenters. The summed E-state index contributed by atoms with van der Waals surface area (Å²) in [5.41, 5.74) is 4.16. The molecule has 29 heavy (non-hydrogen) atoms. The van der Waals surface area contributed by atoms with Crippen LogP contribution in [0.1, 0.15) is 41.6 Å². The van der Waals surface area contributed by atoms with E-state index in [1.807, 2.05) is 55.5 Å². The predicted molar refractivity (Wildman–Crippen MR) is 110 cm³/mol. The van der Waals surface area contributed by atoms with Gasteiger partial charge in [0, 0.05) is 13.5 Å². The largest absolute Gasteiger partial charge is 0.352 e. The number of aromatic nitrogens is 3. The van der Waals surface area contributed by atoms with Crippen LogP contribution in [0.2, 0.25) is 0 Å². The minimum Gasteiger partial charge on any atom is -0.352 e. The fraction of sp³-hybridized carbons (Fsp3) is 0.273. The molecule has 3 rings (SSSR count). The van der Waals surface area contributed by atoms with E-state index in [-0.39, 0.29) is 24.3 Å². The van der Waals surface area contributed by atoms with Crippen molar-refractivity contribution in [1.82, 2.24) is 25.4 Å². The summed E-state index contributed by atoms with van der Waals surface area (Å²) in [5, 5.41) is 9.88. The Labute approximate surface area is 170 Å². The number of nitrogens with one attached hydrogen (secondary N) is 2. The Morgan fingerprint density at radius 2 is 1.72 bits per heavy atom. The first-order valence-corrected chi connectivity index (χ1v) is 9.50. The van der Waals surface area contributed by atoms with Gasteiger partial charge < -0.3 is 10.6 Å². The van der Waals surface area contributed by atoms with Crippen LogP contribution in [0.3, 0.4) is 0 Å². The summed E-state index contributed by atoms with van der Waals surface area (Å²) in [6, 6.07) is 15.5. The number of rotatable bonds is 8. The van der Waals surface area contributed by atoms with Crippen LogP contribution in [-0.2, 0) is 22.7 Å². The van der Waals surface area contributed by atoms with Crippen LogP contribution in [0.5, 0.6) is 0 Å². The fourth-order valence-corrected chi connectivity index (χ4v) is 3.02. The van der Waals surface area contributed by atoms with Gasteiger partial charge in [-0.25, -0.2) is 9.67 Å². The SMILES string of the molecule is CC(=O)NC(CC(=O)NCc1ccc(Cn2cncn2)cc1)c1ccc(C)cc1. The van der Waals surface area contributed by atoms with Gasteiger partial charge in [-0.3, -0.25) is 9.59 Å². The predicted octanol–water partition coefficient (Wildman–Crippen LogP) is 2.52. The van der Waals surface area contributed by atoms with E-state index < -0.39 is 0 Å². The lowest BCUT2D eigenvalue weighted by molar-refractivity contribution is -0.122.